The molecule has 0 saturated heterocycles. The van der Waals surface area contributed by atoms with Gasteiger partial charge in [0.05, 0.1) is 22.3 Å². The summed E-state index contributed by atoms with van der Waals surface area (Å²) in [6, 6.07) is 12.0. The van der Waals surface area contributed by atoms with Crippen LogP contribution in [0.5, 0.6) is 0 Å². The summed E-state index contributed by atoms with van der Waals surface area (Å²) in [6.45, 7) is 0. The summed E-state index contributed by atoms with van der Waals surface area (Å²) in [6.07, 6.45) is 0. The van der Waals surface area contributed by atoms with Gasteiger partial charge in [-0.1, -0.05) is 70.7 Å². The van der Waals surface area contributed by atoms with Crippen molar-refractivity contribution in [2.75, 3.05) is 11.5 Å². The third-order valence-electron chi connectivity index (χ3n) is 5.23. The first-order valence-electron chi connectivity index (χ1n) is 9.54. The number of hydrogen-bond donors (Lipinski definition) is 2. The minimum atomic E-state index is -0.951. The average molecular weight is 534 g/mol. The molecule has 34 heavy (non-hydrogen) atoms. The second-order valence-electron chi connectivity index (χ2n) is 7.32. The summed E-state index contributed by atoms with van der Waals surface area (Å²) in [5.74, 6) is -3.55. The van der Waals surface area contributed by atoms with Gasteiger partial charge in [-0.15, -0.1) is 0 Å². The van der Waals surface area contributed by atoms with E-state index >= 15 is 0 Å². The molecule has 0 radical (unpaired) electrons. The number of nitrogens with two attached hydrogens (primary N) is 2. The molecule has 0 saturated carbocycles. The number of halogens is 4. The zero-order valence-corrected chi connectivity index (χ0v) is 19.9. The van der Waals surface area contributed by atoms with E-state index in [-0.39, 0.29) is 11.1 Å². The summed E-state index contributed by atoms with van der Waals surface area (Å²) in [5.41, 5.74) is 11.3. The highest BCUT2D eigenvalue weighted by atomic mass is 35.5. The van der Waals surface area contributed by atoms with Gasteiger partial charge in [0.25, 0.3) is 0 Å². The first-order valence-corrected chi connectivity index (χ1v) is 11.1. The van der Waals surface area contributed by atoms with Crippen LogP contribution < -0.4 is 11.5 Å². The number of carbonyl (C=O) groups excluding carboxylic acids is 4. The standard InChI is InChI=1S/C24H12Cl4N2O4/c25-17-13(9-1-5-11(29)6-2-9)21(31)19(27)15(23(17)33)16-20(28)22(32)14(18(26)24(16)34)10-3-7-12(30)8-4-10/h1-8H,29-30H2. The molecule has 0 heterocycles. The molecule has 0 unspecified atom stereocenters. The highest BCUT2D eigenvalue weighted by Crippen LogP contribution is 2.43. The molecule has 4 N–H and O–H groups in total. The van der Waals surface area contributed by atoms with Gasteiger partial charge in [-0.3, -0.25) is 19.2 Å². The number of allylic oxidation sites excluding steroid dienone is 8. The Balaban J connectivity index is 1.84. The third kappa shape index (κ3) is 3.79. The van der Waals surface area contributed by atoms with Crippen LogP contribution in [-0.4, -0.2) is 23.1 Å². The van der Waals surface area contributed by atoms with Gasteiger partial charge in [0.1, 0.15) is 20.1 Å². The fourth-order valence-electron chi connectivity index (χ4n) is 3.55. The number of ketones is 4. The lowest BCUT2D eigenvalue weighted by Crippen LogP contribution is -2.27. The van der Waals surface area contributed by atoms with Crippen LogP contribution in [0.2, 0.25) is 0 Å². The van der Waals surface area contributed by atoms with E-state index in [4.69, 9.17) is 57.9 Å². The first-order chi connectivity index (χ1) is 16.0. The second kappa shape index (κ2) is 8.89. The largest absolute Gasteiger partial charge is 0.399 e. The molecule has 0 amide bonds. The quantitative estimate of drug-likeness (QED) is 0.434. The lowest BCUT2D eigenvalue weighted by molar-refractivity contribution is -0.116. The van der Waals surface area contributed by atoms with Crippen molar-refractivity contribution in [1.29, 1.82) is 0 Å². The zero-order valence-electron chi connectivity index (χ0n) is 16.9. The van der Waals surface area contributed by atoms with E-state index in [0.717, 1.165) is 0 Å². The van der Waals surface area contributed by atoms with Crippen molar-refractivity contribution in [3.8, 4) is 0 Å². The van der Waals surface area contributed by atoms with Crippen LogP contribution in [0.4, 0.5) is 11.4 Å². The van der Waals surface area contributed by atoms with Gasteiger partial charge in [-0.05, 0) is 35.4 Å². The Morgan fingerprint density at radius 1 is 0.412 bits per heavy atom. The van der Waals surface area contributed by atoms with Gasteiger partial charge in [0.15, 0.2) is 0 Å². The summed E-state index contributed by atoms with van der Waals surface area (Å²) >= 11 is 25.0. The smallest absolute Gasteiger partial charge is 0.207 e. The van der Waals surface area contributed by atoms with Crippen LogP contribution in [0, 0.1) is 0 Å². The van der Waals surface area contributed by atoms with Crippen LogP contribution in [0.15, 0.2) is 79.8 Å². The Hall–Kier alpha value is -3.16. The molecule has 4 rings (SSSR count). The molecule has 0 aliphatic heterocycles. The molecule has 2 aliphatic rings. The Bertz CT molecular complexity index is 1340. The van der Waals surface area contributed by atoms with E-state index in [1.807, 2.05) is 0 Å². The minimum Gasteiger partial charge on any atom is -0.399 e. The van der Waals surface area contributed by atoms with Crippen molar-refractivity contribution >= 4 is 92.1 Å². The summed E-state index contributed by atoms with van der Waals surface area (Å²) in [5, 5.41) is -2.21. The molecule has 10 heteroatoms. The van der Waals surface area contributed by atoms with Crippen molar-refractivity contribution in [3.05, 3.63) is 90.9 Å². The molecule has 6 nitrogen and oxygen atoms in total. The van der Waals surface area contributed by atoms with Crippen LogP contribution in [-0.2, 0) is 19.2 Å². The number of anilines is 2. The molecule has 2 aliphatic carbocycles. The Morgan fingerprint density at radius 2 is 0.647 bits per heavy atom. The predicted octanol–water partition coefficient (Wildman–Crippen LogP) is 4.74. The van der Waals surface area contributed by atoms with E-state index in [1.54, 1.807) is 0 Å². The van der Waals surface area contributed by atoms with Crippen molar-refractivity contribution in [1.82, 2.24) is 0 Å². The molecule has 0 fully saturated rings. The van der Waals surface area contributed by atoms with E-state index in [9.17, 15) is 19.2 Å². The van der Waals surface area contributed by atoms with Crippen molar-refractivity contribution in [2.45, 2.75) is 0 Å². The highest BCUT2D eigenvalue weighted by Gasteiger charge is 2.43. The monoisotopic (exact) mass is 532 g/mol. The summed E-state index contributed by atoms with van der Waals surface area (Å²) < 4.78 is 0. The zero-order chi connectivity index (χ0) is 24.9. The first kappa shape index (κ1) is 24.0. The predicted molar refractivity (Wildman–Crippen MR) is 133 cm³/mol. The molecule has 0 bridgehead atoms. The minimum absolute atomic E-state index is 0.170. The van der Waals surface area contributed by atoms with Gasteiger partial charge in [0, 0.05) is 11.4 Å². The van der Waals surface area contributed by atoms with Crippen LogP contribution in [0.1, 0.15) is 11.1 Å². The third-order valence-corrected chi connectivity index (χ3v) is 6.67. The van der Waals surface area contributed by atoms with Crippen LogP contribution in [0.25, 0.3) is 11.1 Å². The lowest BCUT2D eigenvalue weighted by Gasteiger charge is -2.23. The van der Waals surface area contributed by atoms with Gasteiger partial charge in [-0.2, -0.15) is 0 Å². The maximum atomic E-state index is 13.2. The van der Waals surface area contributed by atoms with Crippen molar-refractivity contribution < 1.29 is 19.2 Å². The molecule has 0 atom stereocenters. The molecule has 2 aromatic carbocycles. The van der Waals surface area contributed by atoms with Crippen molar-refractivity contribution in [3.63, 3.8) is 0 Å². The topological polar surface area (TPSA) is 120 Å². The summed E-state index contributed by atoms with van der Waals surface area (Å²) in [7, 11) is 0. The summed E-state index contributed by atoms with van der Waals surface area (Å²) in [4.78, 5) is 52.5. The van der Waals surface area contributed by atoms with E-state index in [1.165, 1.54) is 48.5 Å². The number of hydrogen-bond acceptors (Lipinski definition) is 6. The molecule has 0 spiro atoms. The highest BCUT2D eigenvalue weighted by molar-refractivity contribution is 6.67. The number of Topliss-reactive ketones (excluding diaryl/α,β-unsaturated/α-hetero) is 4. The Labute approximate surface area is 213 Å². The van der Waals surface area contributed by atoms with E-state index < -0.39 is 54.4 Å². The SMILES string of the molecule is Nc1ccc(C2=C(Cl)C(=O)C(C3=C(Cl)C(=O)C(c4ccc(N)cc4)=C(Cl)C3=O)=C(Cl)C2=O)cc1. The Morgan fingerprint density at radius 3 is 0.941 bits per heavy atom. The van der Waals surface area contributed by atoms with Crippen molar-refractivity contribution in [2.24, 2.45) is 0 Å². The van der Waals surface area contributed by atoms with E-state index in [0.29, 0.717) is 22.5 Å². The molecular weight excluding hydrogens is 522 g/mol. The van der Waals surface area contributed by atoms with Crippen LogP contribution >= 0.6 is 46.4 Å². The van der Waals surface area contributed by atoms with Gasteiger partial charge >= 0.3 is 0 Å². The average Bonchev–Trinajstić information content (AvgIpc) is 2.81. The fourth-order valence-corrected chi connectivity index (χ4v) is 4.68. The normalized spacial score (nSPS) is 17.4. The molecule has 170 valence electrons. The lowest BCUT2D eigenvalue weighted by atomic mass is 9.83. The van der Waals surface area contributed by atoms with Gasteiger partial charge < -0.3 is 11.5 Å². The molecule has 2 aromatic rings. The second-order valence-corrected chi connectivity index (χ2v) is 8.83. The van der Waals surface area contributed by atoms with Gasteiger partial charge in [0.2, 0.25) is 23.1 Å². The maximum absolute atomic E-state index is 13.2. The Kier molecular flexibility index (Phi) is 6.27. The number of rotatable bonds is 3. The fraction of sp³-hybridized carbons (Fsp3) is 0. The number of carbonyl (C=O) groups is 4. The number of benzene rings is 2. The maximum Gasteiger partial charge on any atom is 0.207 e. The van der Waals surface area contributed by atoms with Gasteiger partial charge in [-0.25, -0.2) is 0 Å². The van der Waals surface area contributed by atoms with Crippen LogP contribution in [0.3, 0.4) is 0 Å². The van der Waals surface area contributed by atoms with E-state index in [2.05, 4.69) is 0 Å². The molecule has 0 aromatic heterocycles. The number of nitrogen functional groups attached to an aromatic ring is 2. The molecular formula is C24H12Cl4N2O4.